The van der Waals surface area contributed by atoms with E-state index >= 15 is 0 Å². The van der Waals surface area contributed by atoms with Gasteiger partial charge in [0.15, 0.2) is 0 Å². The number of H-pyrrole nitrogens is 1. The molecule has 22 heavy (non-hydrogen) atoms. The lowest BCUT2D eigenvalue weighted by Crippen LogP contribution is -2.33. The monoisotopic (exact) mass is 321 g/mol. The van der Waals surface area contributed by atoms with Crippen LogP contribution in [0.25, 0.3) is 11.4 Å². The molecule has 2 rings (SSSR count). The molecule has 5 nitrogen and oxygen atoms in total. The van der Waals surface area contributed by atoms with E-state index in [1.165, 1.54) is 0 Å². The topological polar surface area (TPSA) is 67.0 Å². The van der Waals surface area contributed by atoms with Crippen molar-refractivity contribution >= 4 is 17.7 Å². The van der Waals surface area contributed by atoms with E-state index in [-0.39, 0.29) is 0 Å². The molecule has 118 valence electrons. The Kier molecular flexibility index (Phi) is 5.08. The smallest absolute Gasteiger partial charge is 0.407 e. The first-order chi connectivity index (χ1) is 10.3. The largest absolute Gasteiger partial charge is 0.444 e. The Hall–Kier alpha value is -2.01. The lowest BCUT2D eigenvalue weighted by atomic mass is 10.2. The van der Waals surface area contributed by atoms with Gasteiger partial charge >= 0.3 is 6.09 Å². The highest BCUT2D eigenvalue weighted by atomic mass is 35.5. The highest BCUT2D eigenvalue weighted by Crippen LogP contribution is 2.18. The van der Waals surface area contributed by atoms with Gasteiger partial charge in [-0.05, 0) is 45.0 Å². The number of hydrogen-bond acceptors (Lipinski definition) is 3. The van der Waals surface area contributed by atoms with Gasteiger partial charge in [-0.3, -0.25) is 0 Å². The minimum absolute atomic E-state index is 0.412. The van der Waals surface area contributed by atoms with Crippen molar-refractivity contribution in [2.24, 2.45) is 0 Å². The van der Waals surface area contributed by atoms with Crippen molar-refractivity contribution in [2.75, 3.05) is 6.54 Å². The van der Waals surface area contributed by atoms with Gasteiger partial charge in [-0.15, -0.1) is 0 Å². The number of nitrogens with zero attached hydrogens (tertiary/aromatic N) is 1. The molecule has 0 atom stereocenters. The van der Waals surface area contributed by atoms with Crippen molar-refractivity contribution in [3.05, 3.63) is 41.2 Å². The Morgan fingerprint density at radius 3 is 2.64 bits per heavy atom. The number of imidazole rings is 1. The first-order valence-corrected chi connectivity index (χ1v) is 7.48. The number of amides is 1. The molecule has 1 aromatic heterocycles. The third kappa shape index (κ3) is 5.07. The zero-order chi connectivity index (χ0) is 16.2. The third-order valence-electron chi connectivity index (χ3n) is 2.81. The Morgan fingerprint density at radius 2 is 2.00 bits per heavy atom. The van der Waals surface area contributed by atoms with E-state index in [2.05, 4.69) is 15.3 Å². The number of carbonyl (C=O) groups excluding carboxylic acids is 1. The van der Waals surface area contributed by atoms with Crippen molar-refractivity contribution in [3.8, 4) is 11.4 Å². The van der Waals surface area contributed by atoms with Gasteiger partial charge in [-0.25, -0.2) is 9.78 Å². The molecule has 0 saturated heterocycles. The number of rotatable bonds is 4. The van der Waals surface area contributed by atoms with E-state index in [0.29, 0.717) is 18.0 Å². The first-order valence-electron chi connectivity index (χ1n) is 7.10. The van der Waals surface area contributed by atoms with Gasteiger partial charge in [0.25, 0.3) is 0 Å². The summed E-state index contributed by atoms with van der Waals surface area (Å²) < 4.78 is 5.17. The highest BCUT2D eigenvalue weighted by Gasteiger charge is 2.15. The van der Waals surface area contributed by atoms with Crippen LogP contribution in [0.5, 0.6) is 0 Å². The van der Waals surface area contributed by atoms with Crippen LogP contribution in [0.3, 0.4) is 0 Å². The van der Waals surface area contributed by atoms with Gasteiger partial charge < -0.3 is 15.0 Å². The van der Waals surface area contributed by atoms with Gasteiger partial charge in [0.1, 0.15) is 11.4 Å². The van der Waals surface area contributed by atoms with E-state index in [4.69, 9.17) is 16.3 Å². The van der Waals surface area contributed by atoms with E-state index in [1.807, 2.05) is 45.0 Å². The van der Waals surface area contributed by atoms with Crippen molar-refractivity contribution in [1.82, 2.24) is 15.3 Å². The molecule has 1 amide bonds. The molecule has 0 fully saturated rings. The second-order valence-electron chi connectivity index (χ2n) is 5.94. The molecule has 0 unspecified atom stereocenters. The molecule has 0 aliphatic rings. The summed E-state index contributed by atoms with van der Waals surface area (Å²) in [7, 11) is 0. The number of nitrogens with one attached hydrogen (secondary N) is 2. The predicted octanol–water partition coefficient (Wildman–Crippen LogP) is 3.80. The van der Waals surface area contributed by atoms with Crippen LogP contribution in [0.2, 0.25) is 5.02 Å². The number of alkyl carbamates (subject to hydrolysis) is 1. The number of halogens is 1. The molecule has 0 bridgehead atoms. The van der Waals surface area contributed by atoms with Crippen LogP contribution in [0, 0.1) is 0 Å². The zero-order valence-corrected chi connectivity index (χ0v) is 13.7. The molecule has 0 saturated carbocycles. The minimum atomic E-state index is -0.486. The fourth-order valence-corrected chi connectivity index (χ4v) is 1.98. The molecular formula is C16H20ClN3O2. The molecule has 0 aliphatic heterocycles. The maximum atomic E-state index is 11.5. The third-order valence-corrected chi connectivity index (χ3v) is 3.06. The van der Waals surface area contributed by atoms with E-state index < -0.39 is 11.7 Å². The number of carbonyl (C=O) groups is 1. The molecular weight excluding hydrogens is 302 g/mol. The van der Waals surface area contributed by atoms with Crippen LogP contribution >= 0.6 is 11.6 Å². The predicted molar refractivity (Wildman–Crippen MR) is 87.0 cm³/mol. The fourth-order valence-electron chi connectivity index (χ4n) is 1.85. The number of benzene rings is 1. The van der Waals surface area contributed by atoms with Crippen molar-refractivity contribution in [1.29, 1.82) is 0 Å². The van der Waals surface area contributed by atoms with Gasteiger partial charge in [-0.1, -0.05) is 11.6 Å². The Balaban J connectivity index is 1.85. The summed E-state index contributed by atoms with van der Waals surface area (Å²) in [5.74, 6) is 0.781. The summed E-state index contributed by atoms with van der Waals surface area (Å²) in [4.78, 5) is 19.1. The average molecular weight is 322 g/mol. The van der Waals surface area contributed by atoms with Crippen LogP contribution < -0.4 is 5.32 Å². The number of ether oxygens (including phenoxy) is 1. The molecule has 0 radical (unpaired) electrons. The Morgan fingerprint density at radius 1 is 1.32 bits per heavy atom. The van der Waals surface area contributed by atoms with E-state index in [9.17, 15) is 4.79 Å². The van der Waals surface area contributed by atoms with Crippen molar-refractivity contribution < 1.29 is 9.53 Å². The molecule has 2 aromatic rings. The second-order valence-corrected chi connectivity index (χ2v) is 6.38. The minimum Gasteiger partial charge on any atom is -0.444 e. The highest BCUT2D eigenvalue weighted by molar-refractivity contribution is 6.30. The van der Waals surface area contributed by atoms with Crippen LogP contribution in [0.1, 0.15) is 26.5 Å². The number of aromatic amines is 1. The SMILES string of the molecule is CC(C)(C)OC(=O)NCCc1cnc(-c2ccc(Cl)cc2)[nH]1. The van der Waals surface area contributed by atoms with Crippen LogP contribution in [0.4, 0.5) is 4.79 Å². The van der Waals surface area contributed by atoms with Crippen LogP contribution in [-0.4, -0.2) is 28.2 Å². The summed E-state index contributed by atoms with van der Waals surface area (Å²) in [6.07, 6.45) is 2.01. The van der Waals surface area contributed by atoms with Gasteiger partial charge in [-0.2, -0.15) is 0 Å². The molecule has 2 N–H and O–H groups in total. The summed E-state index contributed by atoms with van der Waals surface area (Å²) in [6.45, 7) is 5.98. The summed E-state index contributed by atoms with van der Waals surface area (Å²) >= 11 is 5.87. The summed E-state index contributed by atoms with van der Waals surface area (Å²) in [5, 5.41) is 3.41. The molecule has 1 aromatic carbocycles. The standard InChI is InChI=1S/C16H20ClN3O2/c1-16(2,3)22-15(21)18-9-8-13-10-19-14(20-13)11-4-6-12(17)7-5-11/h4-7,10H,8-9H2,1-3H3,(H,18,21)(H,19,20). The van der Waals surface area contributed by atoms with E-state index in [0.717, 1.165) is 17.1 Å². The number of aromatic nitrogens is 2. The van der Waals surface area contributed by atoms with Crippen molar-refractivity contribution in [3.63, 3.8) is 0 Å². The van der Waals surface area contributed by atoms with Crippen LogP contribution in [0.15, 0.2) is 30.5 Å². The van der Waals surface area contributed by atoms with Crippen molar-refractivity contribution in [2.45, 2.75) is 32.8 Å². The normalized spacial score (nSPS) is 11.3. The molecule has 1 heterocycles. The van der Waals surface area contributed by atoms with Crippen LogP contribution in [-0.2, 0) is 11.2 Å². The Bertz CT molecular complexity index is 630. The molecule has 6 heteroatoms. The first kappa shape index (κ1) is 16.4. The fraction of sp³-hybridized carbons (Fsp3) is 0.375. The lowest BCUT2D eigenvalue weighted by molar-refractivity contribution is 0.0528. The van der Waals surface area contributed by atoms with E-state index in [1.54, 1.807) is 6.20 Å². The number of hydrogen-bond donors (Lipinski definition) is 2. The molecule has 0 aliphatic carbocycles. The average Bonchev–Trinajstić information content (AvgIpc) is 2.86. The summed E-state index contributed by atoms with van der Waals surface area (Å²) in [6, 6.07) is 7.46. The van der Waals surface area contributed by atoms with Gasteiger partial charge in [0, 0.05) is 35.4 Å². The maximum absolute atomic E-state index is 11.5. The van der Waals surface area contributed by atoms with Gasteiger partial charge in [0.05, 0.1) is 0 Å². The second kappa shape index (κ2) is 6.83. The van der Waals surface area contributed by atoms with Gasteiger partial charge in [0.2, 0.25) is 0 Å². The Labute approximate surface area is 135 Å². The maximum Gasteiger partial charge on any atom is 0.407 e. The zero-order valence-electron chi connectivity index (χ0n) is 12.9. The lowest BCUT2D eigenvalue weighted by Gasteiger charge is -2.19. The molecule has 0 spiro atoms. The quantitative estimate of drug-likeness (QED) is 0.900. The summed E-state index contributed by atoms with van der Waals surface area (Å²) in [5.41, 5.74) is 1.43.